The van der Waals surface area contributed by atoms with Crippen LogP contribution in [0.5, 0.6) is 0 Å². The van der Waals surface area contributed by atoms with Crippen LogP contribution in [0.3, 0.4) is 0 Å². The molecule has 0 bridgehead atoms. The highest BCUT2D eigenvalue weighted by Crippen LogP contribution is 2.53. The van der Waals surface area contributed by atoms with E-state index < -0.39 is 18.0 Å². The number of amides is 1. The van der Waals surface area contributed by atoms with Crippen molar-refractivity contribution in [3.8, 4) is 0 Å². The van der Waals surface area contributed by atoms with Crippen LogP contribution < -0.4 is 5.73 Å². The Morgan fingerprint density at radius 2 is 2.19 bits per heavy atom. The van der Waals surface area contributed by atoms with Gasteiger partial charge in [0.25, 0.3) is 0 Å². The second kappa shape index (κ2) is 5.83. The number of nitrogens with two attached hydrogens (primary N) is 1. The summed E-state index contributed by atoms with van der Waals surface area (Å²) in [5.74, 6) is -1.24. The first-order chi connectivity index (χ1) is 9.63. The molecule has 0 spiro atoms. The van der Waals surface area contributed by atoms with Gasteiger partial charge in [-0.2, -0.15) is 0 Å². The van der Waals surface area contributed by atoms with Gasteiger partial charge in [-0.25, -0.2) is 4.79 Å². The summed E-state index contributed by atoms with van der Waals surface area (Å²) >= 11 is 2.77. The molecule has 3 atom stereocenters. The number of β-lactam (4-membered cyclic amide) rings is 1. The summed E-state index contributed by atoms with van der Waals surface area (Å²) in [6.07, 6.45) is -0.0267. The minimum absolute atomic E-state index is 0.0479. The van der Waals surface area contributed by atoms with Crippen molar-refractivity contribution in [2.75, 3.05) is 5.75 Å². The maximum Gasteiger partial charge on any atom is 0.354 e. The van der Waals surface area contributed by atoms with Gasteiger partial charge in [0, 0.05) is 11.3 Å². The lowest BCUT2D eigenvalue weighted by atomic mass is 9.92. The van der Waals surface area contributed by atoms with Crippen molar-refractivity contribution in [1.82, 2.24) is 4.90 Å². The molecule has 0 radical (unpaired) electrons. The number of carboxylic acid groups (broad SMARTS) is 1. The van der Waals surface area contributed by atoms with Crippen LogP contribution in [0.25, 0.3) is 0 Å². The predicted octanol–water partition coefficient (Wildman–Crippen LogP) is 1.01. The lowest BCUT2D eigenvalue weighted by Crippen LogP contribution is -2.60. The lowest BCUT2D eigenvalue weighted by Gasteiger charge is -2.43. The minimum atomic E-state index is -1.10. The Labute approximate surface area is 132 Å². The lowest BCUT2D eigenvalue weighted by molar-refractivity contribution is -0.156. The highest BCUT2D eigenvalue weighted by molar-refractivity contribution is 8.22. The number of thioether (sulfide) groups is 2. The quantitative estimate of drug-likeness (QED) is 0.624. The number of aliphatic hydroxyl groups is 1. The topological polar surface area (TPSA) is 104 Å². The molecule has 1 amide bonds. The van der Waals surface area contributed by atoms with E-state index in [2.05, 4.69) is 0 Å². The van der Waals surface area contributed by atoms with Crippen LogP contribution in [0.4, 0.5) is 0 Å². The van der Waals surface area contributed by atoms with Crippen molar-refractivity contribution in [3.63, 3.8) is 0 Å². The maximum atomic E-state index is 12.0. The number of hydrogen-bond donors (Lipinski definition) is 3. The number of hydrogen-bond acceptors (Lipinski definition) is 6. The van der Waals surface area contributed by atoms with E-state index in [1.54, 1.807) is 6.92 Å². The number of carbonyl (C=O) groups is 2. The van der Waals surface area contributed by atoms with Gasteiger partial charge >= 0.3 is 5.97 Å². The molecule has 4 N–H and O–H groups in total. The molecule has 0 aromatic heterocycles. The summed E-state index contributed by atoms with van der Waals surface area (Å²) in [6, 6.07) is 0. The summed E-state index contributed by atoms with van der Waals surface area (Å²) in [7, 11) is 0. The van der Waals surface area contributed by atoms with E-state index >= 15 is 0 Å². The molecular formula is C13H20N2O4S2. The highest BCUT2D eigenvalue weighted by atomic mass is 32.2. The first kappa shape index (κ1) is 16.7. The number of rotatable bonds is 6. The van der Waals surface area contributed by atoms with Crippen LogP contribution in [-0.2, 0) is 9.59 Å². The van der Waals surface area contributed by atoms with E-state index in [1.807, 2.05) is 13.8 Å². The minimum Gasteiger partial charge on any atom is -0.477 e. The van der Waals surface area contributed by atoms with Crippen molar-refractivity contribution in [2.24, 2.45) is 11.7 Å². The van der Waals surface area contributed by atoms with Crippen molar-refractivity contribution < 1.29 is 19.8 Å². The molecule has 2 aliphatic heterocycles. The second-order valence-corrected chi connectivity index (χ2v) is 8.50. The summed E-state index contributed by atoms with van der Waals surface area (Å²) < 4.78 is 0.633. The molecule has 2 rings (SSSR count). The third kappa shape index (κ3) is 3.23. The number of nitrogens with zero attached hydrogens (tertiary/aromatic N) is 1. The van der Waals surface area contributed by atoms with Gasteiger partial charge < -0.3 is 15.9 Å². The van der Waals surface area contributed by atoms with E-state index in [4.69, 9.17) is 5.73 Å². The third-order valence-corrected chi connectivity index (χ3v) is 6.11. The average molecular weight is 332 g/mol. The Morgan fingerprint density at radius 3 is 2.67 bits per heavy atom. The molecule has 21 heavy (non-hydrogen) atoms. The number of aliphatic hydroxyl groups excluding tert-OH is 1. The Balaban J connectivity index is 2.10. The van der Waals surface area contributed by atoms with Crippen LogP contribution in [0.15, 0.2) is 9.93 Å². The van der Waals surface area contributed by atoms with Crippen LogP contribution in [0.1, 0.15) is 27.2 Å². The number of carboxylic acids is 1. The molecule has 0 aliphatic carbocycles. The molecule has 2 heterocycles. The molecular weight excluding hydrogens is 312 g/mol. The van der Waals surface area contributed by atoms with Gasteiger partial charge in [-0.3, -0.25) is 9.69 Å². The van der Waals surface area contributed by atoms with Crippen molar-refractivity contribution in [3.05, 3.63) is 9.93 Å². The smallest absolute Gasteiger partial charge is 0.354 e. The van der Waals surface area contributed by atoms with E-state index in [0.717, 1.165) is 6.42 Å². The van der Waals surface area contributed by atoms with E-state index in [0.29, 0.717) is 9.99 Å². The van der Waals surface area contributed by atoms with E-state index in [9.17, 15) is 19.8 Å². The molecule has 6 nitrogen and oxygen atoms in total. The van der Waals surface area contributed by atoms with Gasteiger partial charge in [-0.05, 0) is 27.2 Å². The van der Waals surface area contributed by atoms with Gasteiger partial charge in [-0.15, -0.1) is 11.8 Å². The Bertz CT molecular complexity index is 499. The van der Waals surface area contributed by atoms with Crippen LogP contribution >= 0.6 is 23.5 Å². The molecule has 118 valence electrons. The summed E-state index contributed by atoms with van der Waals surface area (Å²) in [5.41, 5.74) is 5.66. The van der Waals surface area contributed by atoms with Crippen LogP contribution in [0, 0.1) is 5.92 Å². The molecule has 0 aromatic carbocycles. The normalized spacial score (nSPS) is 26.7. The monoisotopic (exact) mass is 332 g/mol. The van der Waals surface area contributed by atoms with Crippen LogP contribution in [0.2, 0.25) is 0 Å². The van der Waals surface area contributed by atoms with Gasteiger partial charge in [0.05, 0.1) is 16.3 Å². The summed E-state index contributed by atoms with van der Waals surface area (Å²) in [4.78, 5) is 24.7. The highest BCUT2D eigenvalue weighted by Gasteiger charge is 2.57. The van der Waals surface area contributed by atoms with E-state index in [-0.39, 0.29) is 22.5 Å². The SMILES string of the molecule is CC(O)C1C(=O)N2C(C(=O)O)=C(SCCC(C)(C)N)S[C@H]12. The van der Waals surface area contributed by atoms with Crippen molar-refractivity contribution in [2.45, 2.75) is 44.2 Å². The fourth-order valence-electron chi connectivity index (χ4n) is 2.26. The Morgan fingerprint density at radius 1 is 1.57 bits per heavy atom. The summed E-state index contributed by atoms with van der Waals surface area (Å²) in [6.45, 7) is 5.40. The number of fused-ring (bicyclic) bond motifs is 1. The first-order valence-electron chi connectivity index (χ1n) is 6.70. The van der Waals surface area contributed by atoms with Crippen molar-refractivity contribution >= 4 is 35.4 Å². The summed E-state index contributed by atoms with van der Waals surface area (Å²) in [5, 5.41) is 18.7. The zero-order valence-electron chi connectivity index (χ0n) is 12.2. The first-order valence-corrected chi connectivity index (χ1v) is 8.57. The van der Waals surface area contributed by atoms with Gasteiger partial charge in [0.1, 0.15) is 5.37 Å². The van der Waals surface area contributed by atoms with Gasteiger partial charge in [0.15, 0.2) is 5.70 Å². The predicted molar refractivity (Wildman–Crippen MR) is 83.4 cm³/mol. The molecule has 2 aliphatic rings. The molecule has 1 fully saturated rings. The zero-order chi connectivity index (χ0) is 15.9. The fraction of sp³-hybridized carbons (Fsp3) is 0.692. The zero-order valence-corrected chi connectivity index (χ0v) is 13.8. The third-order valence-electron chi connectivity index (χ3n) is 3.45. The van der Waals surface area contributed by atoms with E-state index in [1.165, 1.54) is 28.4 Å². The fourth-order valence-corrected chi connectivity index (χ4v) is 5.53. The Hall–Kier alpha value is -0.700. The number of aliphatic carboxylic acids is 1. The standard InChI is InChI=1S/C13H20N2O4S2/c1-6(16)7-9(17)15-8(11(18)19)12(21-10(7)15)20-5-4-13(2,3)14/h6-7,10,16H,4-5,14H2,1-3H3,(H,18,19)/t6?,7?,10-/m1/s1. The van der Waals surface area contributed by atoms with Crippen LogP contribution in [-0.4, -0.2) is 49.8 Å². The Kier molecular flexibility index (Phi) is 4.63. The second-order valence-electron chi connectivity index (χ2n) is 6.01. The molecule has 0 aromatic rings. The van der Waals surface area contributed by atoms with Gasteiger partial charge in [0.2, 0.25) is 5.91 Å². The average Bonchev–Trinajstić information content (AvgIpc) is 2.61. The van der Waals surface area contributed by atoms with Crippen molar-refractivity contribution in [1.29, 1.82) is 0 Å². The molecule has 0 saturated carbocycles. The molecule has 2 unspecified atom stereocenters. The molecule has 8 heteroatoms. The molecule has 1 saturated heterocycles. The maximum absolute atomic E-state index is 12.0. The number of carbonyl (C=O) groups excluding carboxylic acids is 1. The largest absolute Gasteiger partial charge is 0.477 e. The van der Waals surface area contributed by atoms with Gasteiger partial charge in [-0.1, -0.05) is 11.8 Å².